The molecule has 1 atom stereocenters. The van der Waals surface area contributed by atoms with Gasteiger partial charge in [0.05, 0.1) is 23.5 Å². The van der Waals surface area contributed by atoms with Crippen LogP contribution in [0.3, 0.4) is 0 Å². The Labute approximate surface area is 121 Å². The maximum Gasteiger partial charge on any atom is 0.322 e. The molecule has 1 aromatic heterocycles. The number of nitrogens with one attached hydrogen (secondary N) is 1. The average molecular weight is 328 g/mol. The van der Waals surface area contributed by atoms with Gasteiger partial charge < -0.3 is 15.3 Å². The molecule has 1 saturated heterocycles. The molecule has 0 radical (unpaired) electrons. The van der Waals surface area contributed by atoms with Crippen LogP contribution in [0.5, 0.6) is 0 Å². The first-order chi connectivity index (χ1) is 8.88. The Morgan fingerprint density at radius 3 is 2.89 bits per heavy atom. The third-order valence-corrected chi connectivity index (χ3v) is 3.78. The molecule has 0 saturated carbocycles. The zero-order valence-electron chi connectivity index (χ0n) is 11.1. The lowest BCUT2D eigenvalue weighted by Crippen LogP contribution is -2.49. The first-order valence-corrected chi connectivity index (χ1v) is 7.09. The standard InChI is InChI=1S/C13H18BrN3O2/c1-13(2,19)10-4-3-7-17(10)12(18)16-9-5-6-11(14)15-8-9/h5-6,8,10,19H,3-4,7H2,1-2H3,(H,16,18). The van der Waals surface area contributed by atoms with E-state index in [1.54, 1.807) is 37.1 Å². The molecule has 1 fully saturated rings. The van der Waals surface area contributed by atoms with E-state index in [1.165, 1.54) is 0 Å². The first-order valence-electron chi connectivity index (χ1n) is 6.29. The zero-order chi connectivity index (χ0) is 14.0. The summed E-state index contributed by atoms with van der Waals surface area (Å²) in [5, 5.41) is 12.9. The van der Waals surface area contributed by atoms with Crippen molar-refractivity contribution < 1.29 is 9.90 Å². The quantitative estimate of drug-likeness (QED) is 0.820. The number of carbonyl (C=O) groups is 1. The van der Waals surface area contributed by atoms with Gasteiger partial charge in [-0.2, -0.15) is 0 Å². The van der Waals surface area contributed by atoms with Crippen molar-refractivity contribution in [1.82, 2.24) is 9.88 Å². The van der Waals surface area contributed by atoms with Crippen LogP contribution < -0.4 is 5.32 Å². The summed E-state index contributed by atoms with van der Waals surface area (Å²) >= 11 is 3.25. The number of anilines is 1. The van der Waals surface area contributed by atoms with E-state index in [0.29, 0.717) is 12.2 Å². The Morgan fingerprint density at radius 1 is 1.58 bits per heavy atom. The molecule has 104 valence electrons. The molecule has 1 aliphatic heterocycles. The van der Waals surface area contributed by atoms with Gasteiger partial charge in [0.15, 0.2) is 0 Å². The molecule has 5 nitrogen and oxygen atoms in total. The number of likely N-dealkylation sites (tertiary alicyclic amines) is 1. The van der Waals surface area contributed by atoms with Gasteiger partial charge >= 0.3 is 6.03 Å². The molecule has 2 rings (SSSR count). The zero-order valence-corrected chi connectivity index (χ0v) is 12.6. The molecule has 1 unspecified atom stereocenters. The Hall–Kier alpha value is -1.14. The number of pyridine rings is 1. The van der Waals surface area contributed by atoms with Gasteiger partial charge in [-0.25, -0.2) is 9.78 Å². The number of hydrogen-bond donors (Lipinski definition) is 2. The lowest BCUT2D eigenvalue weighted by Gasteiger charge is -2.33. The molecule has 6 heteroatoms. The van der Waals surface area contributed by atoms with E-state index in [1.807, 2.05) is 0 Å². The highest BCUT2D eigenvalue weighted by molar-refractivity contribution is 9.10. The fourth-order valence-electron chi connectivity index (χ4n) is 2.39. The van der Waals surface area contributed by atoms with Crippen molar-refractivity contribution in [1.29, 1.82) is 0 Å². The molecule has 0 aliphatic carbocycles. The molecule has 2 amide bonds. The van der Waals surface area contributed by atoms with E-state index in [2.05, 4.69) is 26.2 Å². The summed E-state index contributed by atoms with van der Waals surface area (Å²) in [6, 6.07) is 3.22. The number of urea groups is 1. The number of nitrogens with zero attached hydrogens (tertiary/aromatic N) is 2. The van der Waals surface area contributed by atoms with Gasteiger partial charge in [-0.1, -0.05) is 0 Å². The maximum absolute atomic E-state index is 12.2. The number of hydrogen-bond acceptors (Lipinski definition) is 3. The lowest BCUT2D eigenvalue weighted by molar-refractivity contribution is 0.0117. The summed E-state index contributed by atoms with van der Waals surface area (Å²) in [5.74, 6) is 0. The van der Waals surface area contributed by atoms with Gasteiger partial charge in [-0.05, 0) is 54.8 Å². The van der Waals surface area contributed by atoms with Gasteiger partial charge in [0.25, 0.3) is 0 Å². The van der Waals surface area contributed by atoms with Gasteiger partial charge in [-0.3, -0.25) is 0 Å². The Balaban J connectivity index is 2.05. The van der Waals surface area contributed by atoms with E-state index in [9.17, 15) is 9.90 Å². The number of carbonyl (C=O) groups excluding carboxylic acids is 1. The summed E-state index contributed by atoms with van der Waals surface area (Å²) in [6.45, 7) is 4.15. The predicted octanol–water partition coefficient (Wildman–Crippen LogP) is 2.61. The summed E-state index contributed by atoms with van der Waals surface area (Å²) in [6.07, 6.45) is 3.34. The van der Waals surface area contributed by atoms with Crippen molar-refractivity contribution in [3.63, 3.8) is 0 Å². The SMILES string of the molecule is CC(C)(O)C1CCCN1C(=O)Nc1ccc(Br)nc1. The fraction of sp³-hybridized carbons (Fsp3) is 0.538. The van der Waals surface area contributed by atoms with Crippen LogP contribution in [0.2, 0.25) is 0 Å². The number of aliphatic hydroxyl groups is 1. The van der Waals surface area contributed by atoms with Crippen molar-refractivity contribution in [3.05, 3.63) is 22.9 Å². The minimum absolute atomic E-state index is 0.143. The van der Waals surface area contributed by atoms with Crippen LogP contribution in [0.25, 0.3) is 0 Å². The van der Waals surface area contributed by atoms with E-state index < -0.39 is 5.60 Å². The lowest BCUT2D eigenvalue weighted by atomic mass is 9.97. The number of rotatable bonds is 2. The van der Waals surface area contributed by atoms with Crippen LogP contribution in [-0.2, 0) is 0 Å². The molecular weight excluding hydrogens is 310 g/mol. The van der Waals surface area contributed by atoms with Gasteiger partial charge in [-0.15, -0.1) is 0 Å². The van der Waals surface area contributed by atoms with E-state index in [-0.39, 0.29) is 12.1 Å². The van der Waals surface area contributed by atoms with Crippen molar-refractivity contribution in [2.75, 3.05) is 11.9 Å². The van der Waals surface area contributed by atoms with Crippen LogP contribution in [0.1, 0.15) is 26.7 Å². The molecule has 0 bridgehead atoms. The Bertz CT molecular complexity index is 456. The minimum Gasteiger partial charge on any atom is -0.388 e. The highest BCUT2D eigenvalue weighted by Crippen LogP contribution is 2.27. The fourth-order valence-corrected chi connectivity index (χ4v) is 2.62. The van der Waals surface area contributed by atoms with E-state index in [0.717, 1.165) is 17.4 Å². The third-order valence-electron chi connectivity index (χ3n) is 3.31. The van der Waals surface area contributed by atoms with E-state index in [4.69, 9.17) is 0 Å². The Morgan fingerprint density at radius 2 is 2.32 bits per heavy atom. The third kappa shape index (κ3) is 3.45. The molecule has 0 aromatic carbocycles. The summed E-state index contributed by atoms with van der Waals surface area (Å²) in [7, 11) is 0. The number of aromatic nitrogens is 1. The molecule has 19 heavy (non-hydrogen) atoms. The Kier molecular flexibility index (Phi) is 4.10. The topological polar surface area (TPSA) is 65.5 Å². The minimum atomic E-state index is -0.883. The summed E-state index contributed by atoms with van der Waals surface area (Å²) in [5.41, 5.74) is -0.235. The second-order valence-corrected chi connectivity index (χ2v) is 6.12. The van der Waals surface area contributed by atoms with Crippen LogP contribution >= 0.6 is 15.9 Å². The van der Waals surface area contributed by atoms with Crippen molar-refractivity contribution >= 4 is 27.6 Å². The predicted molar refractivity (Wildman–Crippen MR) is 77.0 cm³/mol. The molecule has 1 aliphatic rings. The summed E-state index contributed by atoms with van der Waals surface area (Å²) < 4.78 is 0.723. The smallest absolute Gasteiger partial charge is 0.322 e. The maximum atomic E-state index is 12.2. The molecule has 1 aromatic rings. The molecule has 0 spiro atoms. The van der Waals surface area contributed by atoms with E-state index >= 15 is 0 Å². The highest BCUT2D eigenvalue weighted by atomic mass is 79.9. The molecule has 2 heterocycles. The van der Waals surface area contributed by atoms with Gasteiger partial charge in [0.1, 0.15) is 4.60 Å². The van der Waals surface area contributed by atoms with Crippen molar-refractivity contribution in [2.45, 2.75) is 38.3 Å². The summed E-state index contributed by atoms with van der Waals surface area (Å²) in [4.78, 5) is 18.0. The van der Waals surface area contributed by atoms with Gasteiger partial charge in [0, 0.05) is 6.54 Å². The highest BCUT2D eigenvalue weighted by Gasteiger charge is 2.38. The van der Waals surface area contributed by atoms with Crippen LogP contribution in [0.15, 0.2) is 22.9 Å². The van der Waals surface area contributed by atoms with Crippen LogP contribution in [0.4, 0.5) is 10.5 Å². The number of halogens is 1. The largest absolute Gasteiger partial charge is 0.388 e. The molecular formula is C13H18BrN3O2. The number of amides is 2. The first kappa shape index (κ1) is 14.3. The second kappa shape index (κ2) is 5.46. The monoisotopic (exact) mass is 327 g/mol. The van der Waals surface area contributed by atoms with Crippen LogP contribution in [0, 0.1) is 0 Å². The second-order valence-electron chi connectivity index (χ2n) is 5.30. The normalized spacial score (nSPS) is 19.6. The van der Waals surface area contributed by atoms with Gasteiger partial charge in [0.2, 0.25) is 0 Å². The van der Waals surface area contributed by atoms with Crippen molar-refractivity contribution in [2.24, 2.45) is 0 Å². The average Bonchev–Trinajstić information content (AvgIpc) is 2.81. The van der Waals surface area contributed by atoms with Crippen molar-refractivity contribution in [3.8, 4) is 0 Å². The molecule has 2 N–H and O–H groups in total. The van der Waals surface area contributed by atoms with Crippen LogP contribution in [-0.4, -0.2) is 39.2 Å².